The van der Waals surface area contributed by atoms with Gasteiger partial charge in [0.2, 0.25) is 12.7 Å². The van der Waals surface area contributed by atoms with E-state index in [2.05, 4.69) is 41.9 Å². The van der Waals surface area contributed by atoms with Crippen LogP contribution in [0, 0.1) is 0 Å². The van der Waals surface area contributed by atoms with Crippen LogP contribution < -0.4 is 9.47 Å². The SMILES string of the molecule is Cn1c(CN(C(=O)Cc2ccc3c(c2)OCO3)C2CC2)cc2ccccc21. The molecule has 5 nitrogen and oxygen atoms in total. The second-order valence-electron chi connectivity index (χ2n) is 7.37. The summed E-state index contributed by atoms with van der Waals surface area (Å²) in [4.78, 5) is 15.1. The predicted molar refractivity (Wildman–Crippen MR) is 103 cm³/mol. The fourth-order valence-electron chi connectivity index (χ4n) is 3.81. The highest BCUT2D eigenvalue weighted by molar-refractivity contribution is 5.82. The molecule has 0 spiro atoms. The van der Waals surface area contributed by atoms with Crippen molar-refractivity contribution in [3.8, 4) is 11.5 Å². The second kappa shape index (κ2) is 6.34. The van der Waals surface area contributed by atoms with Crippen LogP contribution >= 0.6 is 0 Å². The first-order valence-corrected chi connectivity index (χ1v) is 9.40. The lowest BCUT2D eigenvalue weighted by Crippen LogP contribution is -2.34. The molecular formula is C22H22N2O3. The first-order valence-electron chi connectivity index (χ1n) is 9.40. The lowest BCUT2D eigenvalue weighted by molar-refractivity contribution is -0.131. The summed E-state index contributed by atoms with van der Waals surface area (Å²) in [7, 11) is 2.07. The van der Waals surface area contributed by atoms with Crippen LogP contribution in [-0.2, 0) is 24.8 Å². The van der Waals surface area contributed by atoms with Crippen LogP contribution in [0.3, 0.4) is 0 Å². The largest absolute Gasteiger partial charge is 0.454 e. The minimum atomic E-state index is 0.168. The van der Waals surface area contributed by atoms with Crippen LogP contribution in [0.1, 0.15) is 24.1 Å². The summed E-state index contributed by atoms with van der Waals surface area (Å²) < 4.78 is 13.0. The van der Waals surface area contributed by atoms with E-state index in [9.17, 15) is 4.79 Å². The number of benzene rings is 2. The minimum absolute atomic E-state index is 0.168. The van der Waals surface area contributed by atoms with E-state index >= 15 is 0 Å². The molecule has 0 saturated heterocycles. The molecule has 2 heterocycles. The summed E-state index contributed by atoms with van der Waals surface area (Å²) in [6.07, 6.45) is 2.57. The smallest absolute Gasteiger partial charge is 0.231 e. The first kappa shape index (κ1) is 16.2. The maximum atomic E-state index is 13.1. The number of aryl methyl sites for hydroxylation is 1. The molecule has 1 aromatic heterocycles. The molecule has 1 amide bonds. The number of carbonyl (C=O) groups is 1. The first-order chi connectivity index (χ1) is 13.2. The molecule has 1 fully saturated rings. The fourth-order valence-corrected chi connectivity index (χ4v) is 3.81. The highest BCUT2D eigenvalue weighted by Crippen LogP contribution is 2.34. The van der Waals surface area contributed by atoms with Crippen molar-refractivity contribution in [2.45, 2.75) is 31.8 Å². The van der Waals surface area contributed by atoms with Gasteiger partial charge < -0.3 is 18.9 Å². The monoisotopic (exact) mass is 362 g/mol. The maximum Gasteiger partial charge on any atom is 0.231 e. The lowest BCUT2D eigenvalue weighted by atomic mass is 10.1. The number of amides is 1. The molecule has 0 bridgehead atoms. The quantitative estimate of drug-likeness (QED) is 0.696. The molecule has 0 atom stereocenters. The number of fused-ring (bicyclic) bond motifs is 2. The third-order valence-electron chi connectivity index (χ3n) is 5.48. The summed E-state index contributed by atoms with van der Waals surface area (Å²) >= 11 is 0. The van der Waals surface area contributed by atoms with Crippen molar-refractivity contribution in [2.75, 3.05) is 6.79 Å². The normalized spacial score (nSPS) is 15.3. The average molecular weight is 362 g/mol. The molecule has 5 heteroatoms. The molecule has 138 valence electrons. The fraction of sp³-hybridized carbons (Fsp3) is 0.318. The second-order valence-corrected chi connectivity index (χ2v) is 7.37. The molecule has 27 heavy (non-hydrogen) atoms. The van der Waals surface area contributed by atoms with Gasteiger partial charge in [0.05, 0.1) is 13.0 Å². The highest BCUT2D eigenvalue weighted by atomic mass is 16.7. The minimum Gasteiger partial charge on any atom is -0.454 e. The number of rotatable bonds is 5. The Morgan fingerprint density at radius 3 is 2.74 bits per heavy atom. The van der Waals surface area contributed by atoms with Crippen molar-refractivity contribution >= 4 is 16.8 Å². The van der Waals surface area contributed by atoms with E-state index in [1.54, 1.807) is 0 Å². The summed E-state index contributed by atoms with van der Waals surface area (Å²) in [6, 6.07) is 16.7. The van der Waals surface area contributed by atoms with Gasteiger partial charge in [0.25, 0.3) is 0 Å². The number of aromatic nitrogens is 1. The maximum absolute atomic E-state index is 13.1. The molecule has 0 unspecified atom stereocenters. The number of ether oxygens (including phenoxy) is 2. The van der Waals surface area contributed by atoms with Crippen LogP contribution in [0.5, 0.6) is 11.5 Å². The van der Waals surface area contributed by atoms with E-state index in [-0.39, 0.29) is 12.7 Å². The third kappa shape index (κ3) is 3.03. The van der Waals surface area contributed by atoms with Crippen molar-refractivity contribution in [1.29, 1.82) is 0 Å². The van der Waals surface area contributed by atoms with Gasteiger partial charge in [0.15, 0.2) is 11.5 Å². The van der Waals surface area contributed by atoms with Crippen LogP contribution in [0.4, 0.5) is 0 Å². The summed E-state index contributed by atoms with van der Waals surface area (Å²) in [5, 5.41) is 1.22. The van der Waals surface area contributed by atoms with Gasteiger partial charge in [-0.25, -0.2) is 0 Å². The standard InChI is InChI=1S/C22H22N2O3/c1-23-18(12-16-4-2-3-5-19(16)23)13-24(17-7-8-17)22(25)11-15-6-9-20-21(10-15)27-14-26-20/h2-6,9-10,12,17H,7-8,11,13-14H2,1H3. The van der Waals surface area contributed by atoms with Crippen molar-refractivity contribution in [3.63, 3.8) is 0 Å². The van der Waals surface area contributed by atoms with Crippen LogP contribution in [0.15, 0.2) is 48.5 Å². The zero-order valence-electron chi connectivity index (χ0n) is 15.4. The molecule has 0 N–H and O–H groups in total. The van der Waals surface area contributed by atoms with Crippen LogP contribution in [0.2, 0.25) is 0 Å². The van der Waals surface area contributed by atoms with Crippen LogP contribution in [0.25, 0.3) is 10.9 Å². The topological polar surface area (TPSA) is 43.7 Å². The molecule has 1 saturated carbocycles. The Labute approximate surface area is 158 Å². The van der Waals surface area contributed by atoms with Crippen molar-refractivity contribution in [1.82, 2.24) is 9.47 Å². The lowest BCUT2D eigenvalue weighted by Gasteiger charge is -2.23. The molecular weight excluding hydrogens is 340 g/mol. The van der Waals surface area contributed by atoms with Gasteiger partial charge in [-0.15, -0.1) is 0 Å². The molecule has 5 rings (SSSR count). The van der Waals surface area contributed by atoms with E-state index in [1.165, 1.54) is 16.6 Å². The van der Waals surface area contributed by atoms with Crippen molar-refractivity contribution in [3.05, 3.63) is 59.8 Å². The van der Waals surface area contributed by atoms with Gasteiger partial charge in [0.1, 0.15) is 0 Å². The Balaban J connectivity index is 1.37. The van der Waals surface area contributed by atoms with Gasteiger partial charge in [-0.3, -0.25) is 4.79 Å². The highest BCUT2D eigenvalue weighted by Gasteiger charge is 2.33. The van der Waals surface area contributed by atoms with Gasteiger partial charge >= 0.3 is 0 Å². The Morgan fingerprint density at radius 2 is 1.93 bits per heavy atom. The van der Waals surface area contributed by atoms with E-state index in [4.69, 9.17) is 9.47 Å². The van der Waals surface area contributed by atoms with E-state index in [0.717, 1.165) is 29.9 Å². The van der Waals surface area contributed by atoms with Gasteiger partial charge in [-0.05, 0) is 48.1 Å². The predicted octanol–water partition coefficient (Wildman–Crippen LogP) is 3.64. The van der Waals surface area contributed by atoms with Crippen molar-refractivity contribution in [2.24, 2.45) is 7.05 Å². The van der Waals surface area contributed by atoms with Crippen LogP contribution in [-0.4, -0.2) is 28.2 Å². The Hall–Kier alpha value is -2.95. The van der Waals surface area contributed by atoms with Crippen molar-refractivity contribution < 1.29 is 14.3 Å². The Bertz CT molecular complexity index is 1020. The Morgan fingerprint density at radius 1 is 1.11 bits per heavy atom. The number of para-hydroxylation sites is 1. The molecule has 1 aliphatic carbocycles. The zero-order valence-corrected chi connectivity index (χ0v) is 15.4. The molecule has 3 aromatic rings. The van der Waals surface area contributed by atoms with Gasteiger partial charge in [-0.1, -0.05) is 24.3 Å². The van der Waals surface area contributed by atoms with E-state index < -0.39 is 0 Å². The molecule has 2 aromatic carbocycles. The van der Waals surface area contributed by atoms with E-state index in [0.29, 0.717) is 19.0 Å². The third-order valence-corrected chi connectivity index (χ3v) is 5.48. The van der Waals surface area contributed by atoms with Gasteiger partial charge in [-0.2, -0.15) is 0 Å². The average Bonchev–Trinajstić information content (AvgIpc) is 3.32. The molecule has 1 aliphatic heterocycles. The summed E-state index contributed by atoms with van der Waals surface area (Å²) in [5.74, 6) is 1.65. The Kier molecular flexibility index (Phi) is 3.81. The van der Waals surface area contributed by atoms with E-state index in [1.807, 2.05) is 23.1 Å². The number of hydrogen-bond donors (Lipinski definition) is 0. The number of nitrogens with zero attached hydrogens (tertiary/aromatic N) is 2. The number of hydrogen-bond acceptors (Lipinski definition) is 3. The molecule has 2 aliphatic rings. The zero-order chi connectivity index (χ0) is 18.4. The van der Waals surface area contributed by atoms with Gasteiger partial charge in [0, 0.05) is 24.3 Å². The summed E-state index contributed by atoms with van der Waals surface area (Å²) in [6.45, 7) is 0.904. The summed E-state index contributed by atoms with van der Waals surface area (Å²) in [5.41, 5.74) is 3.33. The number of carbonyl (C=O) groups excluding carboxylic acids is 1. The molecule has 0 radical (unpaired) electrons.